The van der Waals surface area contributed by atoms with Crippen molar-refractivity contribution in [3.05, 3.63) is 12.2 Å². The fourth-order valence-corrected chi connectivity index (χ4v) is 8.42. The summed E-state index contributed by atoms with van der Waals surface area (Å²) in [6.07, 6.45) is 13.4. The van der Waals surface area contributed by atoms with Crippen LogP contribution >= 0.6 is 0 Å². The van der Waals surface area contributed by atoms with E-state index in [4.69, 9.17) is 0 Å². The zero-order valence-corrected chi connectivity index (χ0v) is 18.1. The van der Waals surface area contributed by atoms with Gasteiger partial charge in [0.15, 0.2) is 0 Å². The highest BCUT2D eigenvalue weighted by molar-refractivity contribution is 5.83. The van der Waals surface area contributed by atoms with Crippen LogP contribution in [0.3, 0.4) is 0 Å². The first-order valence-electron chi connectivity index (χ1n) is 12.0. The molecular weight excluding hydrogens is 362 g/mol. The van der Waals surface area contributed by atoms with Gasteiger partial charge >= 0.3 is 0 Å². The Labute approximate surface area is 174 Å². The van der Waals surface area contributed by atoms with Crippen molar-refractivity contribution in [2.75, 3.05) is 0 Å². The molecule has 1 heterocycles. The van der Waals surface area contributed by atoms with E-state index in [0.717, 1.165) is 49.4 Å². The van der Waals surface area contributed by atoms with E-state index in [1.165, 1.54) is 44.9 Å². The first-order chi connectivity index (χ1) is 13.9. The maximum Gasteiger partial charge on any atom is 0.144 e. The molecule has 0 radical (unpaired) electrons. The number of ketones is 1. The fraction of sp³-hybridized carbons (Fsp3) is 0.875. The van der Waals surface area contributed by atoms with Crippen LogP contribution in [-0.4, -0.2) is 31.7 Å². The van der Waals surface area contributed by atoms with Crippen molar-refractivity contribution in [3.8, 4) is 0 Å². The summed E-state index contributed by atoms with van der Waals surface area (Å²) in [5.41, 5.74) is -0.229. The maximum atomic E-state index is 13.1. The lowest BCUT2D eigenvalue weighted by Crippen LogP contribution is -2.51. The lowest BCUT2D eigenvalue weighted by atomic mass is 9.48. The number of aromatic amines is 1. The number of nitrogens with zero attached hydrogens (tertiary/aromatic N) is 2. The van der Waals surface area contributed by atoms with Gasteiger partial charge in [-0.15, -0.1) is 0 Å². The molecule has 1 aromatic heterocycles. The number of nitrogens with one attached hydrogen (secondary N) is 1. The summed E-state index contributed by atoms with van der Waals surface area (Å²) in [6.45, 7) is 4.57. The van der Waals surface area contributed by atoms with E-state index in [0.29, 0.717) is 23.9 Å². The number of carbonyl (C=O) groups is 1. The molecule has 0 bridgehead atoms. The van der Waals surface area contributed by atoms with E-state index in [2.05, 4.69) is 29.0 Å². The second-order valence-corrected chi connectivity index (χ2v) is 11.0. The minimum Gasteiger partial charge on any atom is -0.390 e. The van der Waals surface area contributed by atoms with Crippen LogP contribution in [-0.2, 0) is 11.2 Å². The van der Waals surface area contributed by atoms with Gasteiger partial charge in [-0.25, -0.2) is 4.98 Å². The monoisotopic (exact) mass is 399 g/mol. The molecule has 0 unspecified atom stereocenters. The number of H-pyrrole nitrogens is 1. The number of aliphatic hydroxyl groups is 1. The molecule has 4 aliphatic carbocycles. The molecule has 5 heteroatoms. The minimum absolute atomic E-state index is 0.171. The molecule has 4 fully saturated rings. The van der Waals surface area contributed by atoms with E-state index in [1.54, 1.807) is 0 Å². The van der Waals surface area contributed by atoms with Gasteiger partial charge in [0, 0.05) is 5.92 Å². The normalized spacial score (nSPS) is 46.6. The Morgan fingerprint density at radius 3 is 2.72 bits per heavy atom. The molecule has 0 aromatic carbocycles. The molecular formula is C24H37N3O2. The predicted octanol–water partition coefficient (Wildman–Crippen LogP) is 4.33. The summed E-state index contributed by atoms with van der Waals surface area (Å²) < 4.78 is 0. The third-order valence-corrected chi connectivity index (χ3v) is 9.96. The van der Waals surface area contributed by atoms with Crippen LogP contribution < -0.4 is 0 Å². The predicted molar refractivity (Wildman–Crippen MR) is 111 cm³/mol. The van der Waals surface area contributed by atoms with Crippen LogP contribution in [0.25, 0.3) is 0 Å². The highest BCUT2D eigenvalue weighted by Crippen LogP contribution is 2.64. The van der Waals surface area contributed by atoms with Gasteiger partial charge in [-0.2, -0.15) is 5.10 Å². The summed E-state index contributed by atoms with van der Waals surface area (Å²) in [7, 11) is 0. The van der Waals surface area contributed by atoms with Crippen molar-refractivity contribution < 1.29 is 9.90 Å². The van der Waals surface area contributed by atoms with Gasteiger partial charge < -0.3 is 5.11 Å². The lowest BCUT2D eigenvalue weighted by molar-refractivity contribution is -0.132. The molecule has 0 saturated heterocycles. The van der Waals surface area contributed by atoms with Crippen molar-refractivity contribution in [1.29, 1.82) is 0 Å². The smallest absolute Gasteiger partial charge is 0.144 e. The summed E-state index contributed by atoms with van der Waals surface area (Å²) in [5, 5.41) is 17.6. The third kappa shape index (κ3) is 3.19. The standard InChI is InChI=1S/C24H37N3O2/c1-3-24(29)11-9-16-15(13-24)4-5-18-17(16)8-10-23(2)19(18)6-7-20(23)21(28)12-22-25-14-26-27-22/h14-20,29H,3-13H2,1-2H3,(H,25,26,27)/t15-,16+,17-,18-,19+,20-,23+,24-/m1/s1. The Bertz CT molecular complexity index is 749. The molecule has 8 atom stereocenters. The zero-order chi connectivity index (χ0) is 20.2. The van der Waals surface area contributed by atoms with E-state index in [-0.39, 0.29) is 11.3 Å². The lowest BCUT2D eigenvalue weighted by Gasteiger charge is -2.57. The van der Waals surface area contributed by atoms with Crippen LogP contribution in [0.2, 0.25) is 0 Å². The maximum absolute atomic E-state index is 13.1. The van der Waals surface area contributed by atoms with Crippen molar-refractivity contribution in [1.82, 2.24) is 15.2 Å². The Morgan fingerprint density at radius 2 is 1.97 bits per heavy atom. The molecule has 29 heavy (non-hydrogen) atoms. The molecule has 160 valence electrons. The number of fused-ring (bicyclic) bond motifs is 5. The molecule has 5 nitrogen and oxygen atoms in total. The van der Waals surface area contributed by atoms with Gasteiger partial charge in [0.2, 0.25) is 0 Å². The highest BCUT2D eigenvalue weighted by atomic mass is 16.3. The Balaban J connectivity index is 1.31. The first-order valence-corrected chi connectivity index (χ1v) is 12.0. The van der Waals surface area contributed by atoms with E-state index in [9.17, 15) is 9.90 Å². The van der Waals surface area contributed by atoms with Crippen molar-refractivity contribution in [2.24, 2.45) is 40.9 Å². The highest BCUT2D eigenvalue weighted by Gasteiger charge is 2.58. The molecule has 4 aliphatic rings. The Morgan fingerprint density at radius 1 is 1.14 bits per heavy atom. The molecule has 2 N–H and O–H groups in total. The molecule has 0 amide bonds. The number of aromatic nitrogens is 3. The Kier molecular flexibility index (Phi) is 4.88. The van der Waals surface area contributed by atoms with Gasteiger partial charge in [0.05, 0.1) is 12.0 Å². The van der Waals surface area contributed by atoms with Crippen molar-refractivity contribution >= 4 is 5.78 Å². The van der Waals surface area contributed by atoms with Crippen LogP contribution in [0.4, 0.5) is 0 Å². The second-order valence-electron chi connectivity index (χ2n) is 11.0. The molecule has 1 aromatic rings. The number of carbonyl (C=O) groups excluding carboxylic acids is 1. The fourth-order valence-electron chi connectivity index (χ4n) is 8.42. The molecule has 5 rings (SSSR count). The molecule has 0 aliphatic heterocycles. The van der Waals surface area contributed by atoms with Gasteiger partial charge in [0.1, 0.15) is 17.9 Å². The molecule has 0 spiro atoms. The van der Waals surface area contributed by atoms with Gasteiger partial charge in [-0.3, -0.25) is 9.89 Å². The van der Waals surface area contributed by atoms with Gasteiger partial charge in [0.25, 0.3) is 0 Å². The molecule has 4 saturated carbocycles. The average molecular weight is 400 g/mol. The summed E-state index contributed by atoms with van der Waals surface area (Å²) in [6, 6.07) is 0. The van der Waals surface area contributed by atoms with E-state index >= 15 is 0 Å². The van der Waals surface area contributed by atoms with E-state index < -0.39 is 5.60 Å². The first kappa shape index (κ1) is 19.7. The summed E-state index contributed by atoms with van der Waals surface area (Å²) in [4.78, 5) is 17.3. The number of hydrogen-bond donors (Lipinski definition) is 2. The summed E-state index contributed by atoms with van der Waals surface area (Å²) >= 11 is 0. The van der Waals surface area contributed by atoms with E-state index in [1.807, 2.05) is 0 Å². The minimum atomic E-state index is -0.400. The van der Waals surface area contributed by atoms with Crippen LogP contribution in [0.5, 0.6) is 0 Å². The topological polar surface area (TPSA) is 78.9 Å². The third-order valence-electron chi connectivity index (χ3n) is 9.96. The van der Waals surface area contributed by atoms with Crippen LogP contribution in [0.1, 0.15) is 83.9 Å². The second kappa shape index (κ2) is 7.18. The summed E-state index contributed by atoms with van der Waals surface area (Å²) in [5.74, 6) is 5.14. The van der Waals surface area contributed by atoms with Crippen molar-refractivity contribution in [2.45, 2.75) is 90.1 Å². The largest absolute Gasteiger partial charge is 0.390 e. The number of hydrogen-bond acceptors (Lipinski definition) is 4. The Hall–Kier alpha value is -1.23. The quantitative estimate of drug-likeness (QED) is 0.790. The zero-order valence-electron chi connectivity index (χ0n) is 18.1. The van der Waals surface area contributed by atoms with Crippen LogP contribution in [0.15, 0.2) is 6.33 Å². The van der Waals surface area contributed by atoms with Gasteiger partial charge in [-0.1, -0.05) is 13.8 Å². The number of rotatable bonds is 4. The van der Waals surface area contributed by atoms with Gasteiger partial charge in [-0.05, 0) is 99.2 Å². The average Bonchev–Trinajstić information content (AvgIpc) is 3.34. The van der Waals surface area contributed by atoms with Crippen LogP contribution in [0, 0.1) is 40.9 Å². The van der Waals surface area contributed by atoms with Crippen molar-refractivity contribution in [3.63, 3.8) is 0 Å². The number of Topliss-reactive ketones (excluding diaryl/α,β-unsaturated/α-hetero) is 1. The SMILES string of the molecule is CC[C@@]1(O)CC[C@H]2[C@H](CC[C@@H]3[C@@H]2CC[C@]2(C)[C@@H](C(=O)Cc4ncn[nH]4)CC[C@@H]32)C1.